The molecule has 0 bridgehead atoms. The van der Waals surface area contributed by atoms with Crippen LogP contribution in [0.1, 0.15) is 25.8 Å². The number of amides is 1. The Labute approximate surface area is 145 Å². The summed E-state index contributed by atoms with van der Waals surface area (Å²) in [5.41, 5.74) is 1.07. The van der Waals surface area contributed by atoms with Crippen LogP contribution in [0.3, 0.4) is 0 Å². The van der Waals surface area contributed by atoms with Crippen LogP contribution in [0, 0.1) is 5.92 Å². The predicted octanol–water partition coefficient (Wildman–Crippen LogP) is 2.44. The molecule has 0 N–H and O–H groups in total. The summed E-state index contributed by atoms with van der Waals surface area (Å²) in [6.07, 6.45) is 1.24. The third-order valence-electron chi connectivity index (χ3n) is 4.39. The minimum Gasteiger partial charge on any atom is -0.497 e. The van der Waals surface area contributed by atoms with Gasteiger partial charge in [-0.15, -0.1) is 0 Å². The molecule has 0 spiro atoms. The number of methoxy groups -OCH3 is 2. The molecule has 5 nitrogen and oxygen atoms in total. The number of hydrogen-bond acceptors (Lipinski definition) is 4. The fourth-order valence-corrected chi connectivity index (χ4v) is 3.12. The maximum absolute atomic E-state index is 12.5. The Hall–Kier alpha value is -1.75. The Morgan fingerprint density at radius 1 is 1.04 bits per heavy atom. The van der Waals surface area contributed by atoms with Crippen molar-refractivity contribution in [2.75, 3.05) is 46.9 Å². The van der Waals surface area contributed by atoms with E-state index in [1.165, 1.54) is 0 Å². The molecule has 0 unspecified atom stereocenters. The number of rotatable bonds is 7. The van der Waals surface area contributed by atoms with Crippen molar-refractivity contribution >= 4 is 5.91 Å². The molecule has 134 valence electrons. The summed E-state index contributed by atoms with van der Waals surface area (Å²) in [5, 5.41) is 0. The van der Waals surface area contributed by atoms with Crippen molar-refractivity contribution in [2.45, 2.75) is 26.7 Å². The highest BCUT2D eigenvalue weighted by Crippen LogP contribution is 2.23. The third kappa shape index (κ3) is 5.41. The van der Waals surface area contributed by atoms with Crippen molar-refractivity contribution in [2.24, 2.45) is 5.92 Å². The van der Waals surface area contributed by atoms with Gasteiger partial charge in [0.25, 0.3) is 0 Å². The molecule has 24 heavy (non-hydrogen) atoms. The molecule has 0 saturated carbocycles. The first-order chi connectivity index (χ1) is 11.5. The summed E-state index contributed by atoms with van der Waals surface area (Å²) < 4.78 is 10.6. The maximum atomic E-state index is 12.5. The van der Waals surface area contributed by atoms with Crippen LogP contribution in [0.2, 0.25) is 0 Å². The first-order valence-electron chi connectivity index (χ1n) is 8.74. The van der Waals surface area contributed by atoms with E-state index in [0.29, 0.717) is 18.8 Å². The van der Waals surface area contributed by atoms with Gasteiger partial charge in [0, 0.05) is 45.2 Å². The zero-order valence-corrected chi connectivity index (χ0v) is 15.4. The van der Waals surface area contributed by atoms with Crippen molar-refractivity contribution in [1.82, 2.24) is 9.80 Å². The Morgan fingerprint density at radius 3 is 2.12 bits per heavy atom. The highest BCUT2D eigenvalue weighted by atomic mass is 16.5. The van der Waals surface area contributed by atoms with Gasteiger partial charge >= 0.3 is 0 Å². The zero-order chi connectivity index (χ0) is 17.5. The van der Waals surface area contributed by atoms with E-state index in [4.69, 9.17) is 9.47 Å². The van der Waals surface area contributed by atoms with Crippen LogP contribution in [0.4, 0.5) is 0 Å². The average Bonchev–Trinajstić information content (AvgIpc) is 2.59. The smallest absolute Gasteiger partial charge is 0.222 e. The lowest BCUT2D eigenvalue weighted by Gasteiger charge is -2.35. The number of benzene rings is 1. The second-order valence-electron chi connectivity index (χ2n) is 6.80. The van der Waals surface area contributed by atoms with Crippen LogP contribution in [0.5, 0.6) is 11.5 Å². The Morgan fingerprint density at radius 2 is 1.62 bits per heavy atom. The summed E-state index contributed by atoms with van der Waals surface area (Å²) in [5.74, 6) is 2.44. The SMILES string of the molecule is COc1cc(CCC(=O)N2CCN(CC(C)C)CC2)cc(OC)c1. The Balaban J connectivity index is 1.83. The lowest BCUT2D eigenvalue weighted by molar-refractivity contribution is -0.132. The first kappa shape index (κ1) is 18.6. The number of carbonyl (C=O) groups is 1. The second-order valence-corrected chi connectivity index (χ2v) is 6.80. The normalized spacial score (nSPS) is 15.6. The Bertz CT molecular complexity index is 515. The summed E-state index contributed by atoms with van der Waals surface area (Å²) in [6, 6.07) is 5.78. The minimum atomic E-state index is 0.237. The van der Waals surface area contributed by atoms with Crippen molar-refractivity contribution in [3.63, 3.8) is 0 Å². The second kappa shape index (κ2) is 8.92. The predicted molar refractivity (Wildman–Crippen MR) is 95.7 cm³/mol. The maximum Gasteiger partial charge on any atom is 0.222 e. The molecule has 5 heteroatoms. The van der Waals surface area contributed by atoms with Crippen molar-refractivity contribution in [3.05, 3.63) is 23.8 Å². The van der Waals surface area contributed by atoms with Crippen LogP contribution < -0.4 is 9.47 Å². The molecule has 1 aromatic carbocycles. The molecule has 1 amide bonds. The van der Waals surface area contributed by atoms with Gasteiger partial charge in [0.15, 0.2) is 0 Å². The van der Waals surface area contributed by atoms with Gasteiger partial charge in [0.2, 0.25) is 5.91 Å². The molecule has 1 heterocycles. The number of carbonyl (C=O) groups excluding carboxylic acids is 1. The summed E-state index contributed by atoms with van der Waals surface area (Å²) >= 11 is 0. The van der Waals surface area contributed by atoms with Gasteiger partial charge in [-0.25, -0.2) is 0 Å². The summed E-state index contributed by atoms with van der Waals surface area (Å²) in [6.45, 7) is 9.24. The Kier molecular flexibility index (Phi) is 6.91. The van der Waals surface area contributed by atoms with E-state index in [9.17, 15) is 4.79 Å². The van der Waals surface area contributed by atoms with Crippen LogP contribution in [0.25, 0.3) is 0 Å². The standard InChI is InChI=1S/C19H30N2O3/c1-15(2)14-20-7-9-21(10-8-20)19(22)6-5-16-11-17(23-3)13-18(12-16)24-4/h11-13,15H,5-10,14H2,1-4H3. The fourth-order valence-electron chi connectivity index (χ4n) is 3.12. The molecule has 1 saturated heterocycles. The molecule has 0 aliphatic carbocycles. The van der Waals surface area contributed by atoms with Crippen molar-refractivity contribution < 1.29 is 14.3 Å². The average molecular weight is 334 g/mol. The fraction of sp³-hybridized carbons (Fsp3) is 0.632. The van der Waals surface area contributed by atoms with Crippen LogP contribution in [-0.4, -0.2) is 62.7 Å². The summed E-state index contributed by atoms with van der Waals surface area (Å²) in [7, 11) is 3.28. The lowest BCUT2D eigenvalue weighted by Crippen LogP contribution is -2.49. The number of nitrogens with zero attached hydrogens (tertiary/aromatic N) is 2. The van der Waals surface area contributed by atoms with E-state index in [0.717, 1.165) is 49.8 Å². The molecule has 0 aromatic heterocycles. The highest BCUT2D eigenvalue weighted by Gasteiger charge is 2.21. The molecular formula is C19H30N2O3. The molecule has 2 rings (SSSR count). The third-order valence-corrected chi connectivity index (χ3v) is 4.39. The van der Waals surface area contributed by atoms with E-state index in [-0.39, 0.29) is 5.91 Å². The number of ether oxygens (including phenoxy) is 2. The molecule has 0 radical (unpaired) electrons. The van der Waals surface area contributed by atoms with Crippen LogP contribution in [-0.2, 0) is 11.2 Å². The van der Waals surface area contributed by atoms with Gasteiger partial charge in [-0.3, -0.25) is 9.69 Å². The zero-order valence-electron chi connectivity index (χ0n) is 15.4. The largest absolute Gasteiger partial charge is 0.497 e. The van der Waals surface area contributed by atoms with Gasteiger partial charge in [0.05, 0.1) is 14.2 Å². The van der Waals surface area contributed by atoms with Crippen LogP contribution >= 0.6 is 0 Å². The van der Waals surface area contributed by atoms with Crippen molar-refractivity contribution in [1.29, 1.82) is 0 Å². The van der Waals surface area contributed by atoms with Crippen molar-refractivity contribution in [3.8, 4) is 11.5 Å². The van der Waals surface area contributed by atoms with Gasteiger partial charge in [-0.05, 0) is 30.0 Å². The van der Waals surface area contributed by atoms with E-state index >= 15 is 0 Å². The molecule has 0 atom stereocenters. The van der Waals surface area contributed by atoms with Gasteiger partial charge in [-0.1, -0.05) is 13.8 Å². The number of aryl methyl sites for hydroxylation is 1. The van der Waals surface area contributed by atoms with E-state index in [1.54, 1.807) is 14.2 Å². The van der Waals surface area contributed by atoms with E-state index in [1.807, 2.05) is 23.1 Å². The number of hydrogen-bond donors (Lipinski definition) is 0. The quantitative estimate of drug-likeness (QED) is 0.768. The minimum absolute atomic E-state index is 0.237. The van der Waals surface area contributed by atoms with Gasteiger partial charge in [-0.2, -0.15) is 0 Å². The lowest BCUT2D eigenvalue weighted by atomic mass is 10.1. The summed E-state index contributed by atoms with van der Waals surface area (Å²) in [4.78, 5) is 16.9. The highest BCUT2D eigenvalue weighted by molar-refractivity contribution is 5.76. The van der Waals surface area contributed by atoms with Crippen LogP contribution in [0.15, 0.2) is 18.2 Å². The van der Waals surface area contributed by atoms with E-state index < -0.39 is 0 Å². The molecule has 1 aliphatic rings. The topological polar surface area (TPSA) is 42.0 Å². The van der Waals surface area contributed by atoms with E-state index in [2.05, 4.69) is 18.7 Å². The van der Waals surface area contributed by atoms with Gasteiger partial charge < -0.3 is 14.4 Å². The van der Waals surface area contributed by atoms with Gasteiger partial charge in [0.1, 0.15) is 11.5 Å². The molecule has 1 fully saturated rings. The monoisotopic (exact) mass is 334 g/mol. The number of piperazine rings is 1. The molecule has 1 aliphatic heterocycles. The molecular weight excluding hydrogens is 304 g/mol. The first-order valence-corrected chi connectivity index (χ1v) is 8.74. The molecule has 1 aromatic rings.